The fraction of sp³-hybridized carbons (Fsp3) is 0.462. The normalized spacial score (nSPS) is 11.5. The molecular weight excluding hydrogens is 228 g/mol. The Hall–Kier alpha value is -2.09. The van der Waals surface area contributed by atoms with E-state index in [4.69, 9.17) is 5.26 Å². The third-order valence-electron chi connectivity index (χ3n) is 2.82. The molecule has 5 nitrogen and oxygen atoms in total. The number of nitrogens with zero attached hydrogens (tertiary/aromatic N) is 4. The summed E-state index contributed by atoms with van der Waals surface area (Å²) < 4.78 is 0. The minimum absolute atomic E-state index is 0.0942. The maximum absolute atomic E-state index is 12.2. The molecule has 0 aliphatic carbocycles. The maximum atomic E-state index is 12.2. The molecule has 0 fully saturated rings. The van der Waals surface area contributed by atoms with Crippen molar-refractivity contribution in [3.8, 4) is 6.07 Å². The Morgan fingerprint density at radius 2 is 2.17 bits per heavy atom. The molecule has 1 amide bonds. The molecule has 1 aromatic heterocycles. The summed E-state index contributed by atoms with van der Waals surface area (Å²) in [6.45, 7) is 1.86. The lowest BCUT2D eigenvalue weighted by Gasteiger charge is -2.23. The second-order valence-corrected chi connectivity index (χ2v) is 4.42. The number of hydrogen-bond acceptors (Lipinski definition) is 4. The number of carbonyl (C=O) groups is 1. The summed E-state index contributed by atoms with van der Waals surface area (Å²) in [7, 11) is 5.46. The van der Waals surface area contributed by atoms with E-state index in [1.54, 1.807) is 30.3 Å². The van der Waals surface area contributed by atoms with Crippen molar-refractivity contribution in [2.75, 3.05) is 26.0 Å². The van der Waals surface area contributed by atoms with Gasteiger partial charge in [-0.25, -0.2) is 4.98 Å². The van der Waals surface area contributed by atoms with Crippen molar-refractivity contribution in [1.82, 2.24) is 9.88 Å². The molecule has 0 saturated heterocycles. The number of rotatable bonds is 4. The van der Waals surface area contributed by atoms with Gasteiger partial charge < -0.3 is 9.80 Å². The molecule has 1 heterocycles. The molecule has 0 aliphatic heterocycles. The molecule has 96 valence electrons. The zero-order chi connectivity index (χ0) is 13.7. The van der Waals surface area contributed by atoms with Crippen LogP contribution in [0.15, 0.2) is 18.3 Å². The first-order chi connectivity index (χ1) is 8.47. The van der Waals surface area contributed by atoms with Crippen molar-refractivity contribution in [3.05, 3.63) is 23.9 Å². The van der Waals surface area contributed by atoms with Crippen molar-refractivity contribution in [1.29, 1.82) is 5.26 Å². The van der Waals surface area contributed by atoms with Crippen LogP contribution in [0.3, 0.4) is 0 Å². The highest BCUT2D eigenvalue weighted by Gasteiger charge is 2.17. The first kappa shape index (κ1) is 14.0. The highest BCUT2D eigenvalue weighted by atomic mass is 16.2. The van der Waals surface area contributed by atoms with Crippen molar-refractivity contribution in [2.45, 2.75) is 19.4 Å². The van der Waals surface area contributed by atoms with E-state index in [0.717, 1.165) is 5.82 Å². The van der Waals surface area contributed by atoms with Crippen LogP contribution < -0.4 is 4.90 Å². The average molecular weight is 246 g/mol. The predicted molar refractivity (Wildman–Crippen MR) is 70.3 cm³/mol. The smallest absolute Gasteiger partial charge is 0.254 e. The number of carbonyl (C=O) groups excluding carboxylic acids is 1. The van der Waals surface area contributed by atoms with Crippen LogP contribution in [0.4, 0.5) is 5.82 Å². The van der Waals surface area contributed by atoms with Crippen molar-refractivity contribution in [2.24, 2.45) is 0 Å². The van der Waals surface area contributed by atoms with Gasteiger partial charge in [0.25, 0.3) is 5.91 Å². The van der Waals surface area contributed by atoms with E-state index in [-0.39, 0.29) is 11.9 Å². The molecular formula is C13H18N4O. The lowest BCUT2D eigenvalue weighted by Crippen LogP contribution is -2.34. The summed E-state index contributed by atoms with van der Waals surface area (Å²) in [5.74, 6) is 0.644. The quantitative estimate of drug-likeness (QED) is 0.808. The first-order valence-corrected chi connectivity index (χ1v) is 5.75. The molecule has 0 aromatic carbocycles. The highest BCUT2D eigenvalue weighted by molar-refractivity contribution is 5.94. The van der Waals surface area contributed by atoms with Gasteiger partial charge in [0.05, 0.1) is 12.5 Å². The van der Waals surface area contributed by atoms with Crippen molar-refractivity contribution in [3.63, 3.8) is 0 Å². The lowest BCUT2D eigenvalue weighted by atomic mass is 10.1. The number of amides is 1. The van der Waals surface area contributed by atoms with Gasteiger partial charge in [-0.1, -0.05) is 0 Å². The van der Waals surface area contributed by atoms with Gasteiger partial charge in [-0.3, -0.25) is 4.79 Å². The van der Waals surface area contributed by atoms with Gasteiger partial charge in [0.2, 0.25) is 0 Å². The summed E-state index contributed by atoms with van der Waals surface area (Å²) in [5, 5.41) is 8.65. The van der Waals surface area contributed by atoms with Crippen LogP contribution in [0.1, 0.15) is 23.7 Å². The summed E-state index contributed by atoms with van der Waals surface area (Å²) in [6, 6.07) is 5.40. The van der Waals surface area contributed by atoms with Crippen LogP contribution in [0.25, 0.3) is 0 Å². The van der Waals surface area contributed by atoms with Gasteiger partial charge in [0, 0.05) is 38.9 Å². The summed E-state index contributed by atoms with van der Waals surface area (Å²) in [6.07, 6.45) is 1.94. The van der Waals surface area contributed by atoms with Crippen LogP contribution in [0.5, 0.6) is 0 Å². The van der Waals surface area contributed by atoms with Gasteiger partial charge in [0.15, 0.2) is 0 Å². The third-order valence-corrected chi connectivity index (χ3v) is 2.82. The Morgan fingerprint density at radius 3 is 2.72 bits per heavy atom. The van der Waals surface area contributed by atoms with Gasteiger partial charge in [-0.2, -0.15) is 5.26 Å². The van der Waals surface area contributed by atoms with E-state index in [2.05, 4.69) is 11.1 Å². The fourth-order valence-corrected chi connectivity index (χ4v) is 1.47. The Kier molecular flexibility index (Phi) is 4.67. The van der Waals surface area contributed by atoms with Crippen LogP contribution >= 0.6 is 0 Å². The molecule has 0 N–H and O–H groups in total. The Bertz CT molecular complexity index is 464. The van der Waals surface area contributed by atoms with Crippen LogP contribution in [0.2, 0.25) is 0 Å². The number of anilines is 1. The van der Waals surface area contributed by atoms with E-state index in [9.17, 15) is 4.79 Å². The van der Waals surface area contributed by atoms with Crippen LogP contribution in [-0.2, 0) is 0 Å². The van der Waals surface area contributed by atoms with Crippen LogP contribution in [-0.4, -0.2) is 43.0 Å². The second-order valence-electron chi connectivity index (χ2n) is 4.42. The van der Waals surface area contributed by atoms with Gasteiger partial charge in [0.1, 0.15) is 5.82 Å². The minimum atomic E-state index is -0.0986. The highest BCUT2D eigenvalue weighted by Crippen LogP contribution is 2.13. The van der Waals surface area contributed by atoms with E-state index in [1.165, 1.54) is 0 Å². The molecule has 1 rings (SSSR count). The SMILES string of the molecule is C[C@@H](CC#N)N(C)C(=O)c1ccnc(N(C)C)c1. The average Bonchev–Trinajstić information content (AvgIpc) is 2.37. The molecule has 1 atom stereocenters. The third kappa shape index (κ3) is 3.20. The fourth-order valence-electron chi connectivity index (χ4n) is 1.47. The Morgan fingerprint density at radius 1 is 1.50 bits per heavy atom. The van der Waals surface area contributed by atoms with Crippen molar-refractivity contribution >= 4 is 11.7 Å². The number of hydrogen-bond donors (Lipinski definition) is 0. The summed E-state index contributed by atoms with van der Waals surface area (Å²) in [4.78, 5) is 19.8. The van der Waals surface area contributed by atoms with Gasteiger partial charge >= 0.3 is 0 Å². The number of nitriles is 1. The molecule has 0 saturated carbocycles. The molecule has 5 heteroatoms. The predicted octanol–water partition coefficient (Wildman–Crippen LogP) is 1.52. The molecule has 18 heavy (non-hydrogen) atoms. The first-order valence-electron chi connectivity index (χ1n) is 5.75. The molecule has 0 radical (unpaired) electrons. The molecule has 0 bridgehead atoms. The summed E-state index contributed by atoms with van der Waals surface area (Å²) >= 11 is 0. The largest absolute Gasteiger partial charge is 0.363 e. The Balaban J connectivity index is 2.90. The van der Waals surface area contributed by atoms with Gasteiger partial charge in [-0.05, 0) is 19.1 Å². The maximum Gasteiger partial charge on any atom is 0.254 e. The minimum Gasteiger partial charge on any atom is -0.363 e. The lowest BCUT2D eigenvalue weighted by molar-refractivity contribution is 0.0746. The molecule has 0 spiro atoms. The molecule has 0 aliphatic rings. The van der Waals surface area contributed by atoms with E-state index in [0.29, 0.717) is 12.0 Å². The molecule has 1 aromatic rings. The molecule has 0 unspecified atom stereocenters. The standard InChI is InChI=1S/C13H18N4O/c1-10(5-7-14)17(4)13(18)11-6-8-15-12(9-11)16(2)3/h6,8-10H,5H2,1-4H3/t10-/m0/s1. The number of aromatic nitrogens is 1. The zero-order valence-electron chi connectivity index (χ0n) is 11.2. The Labute approximate surface area is 108 Å². The monoisotopic (exact) mass is 246 g/mol. The van der Waals surface area contributed by atoms with Gasteiger partial charge in [-0.15, -0.1) is 0 Å². The van der Waals surface area contributed by atoms with E-state index < -0.39 is 0 Å². The number of pyridine rings is 1. The zero-order valence-corrected chi connectivity index (χ0v) is 11.2. The summed E-state index contributed by atoms with van der Waals surface area (Å²) in [5.41, 5.74) is 0.584. The van der Waals surface area contributed by atoms with E-state index in [1.807, 2.05) is 25.9 Å². The van der Waals surface area contributed by atoms with E-state index >= 15 is 0 Å². The second kappa shape index (κ2) is 6.01. The topological polar surface area (TPSA) is 60.2 Å². The van der Waals surface area contributed by atoms with Crippen LogP contribution in [0, 0.1) is 11.3 Å². The van der Waals surface area contributed by atoms with Crippen molar-refractivity contribution < 1.29 is 4.79 Å².